The molecule has 0 amide bonds. The van der Waals surface area contributed by atoms with Crippen LogP contribution in [-0.4, -0.2) is 6.54 Å². The summed E-state index contributed by atoms with van der Waals surface area (Å²) in [5.74, 6) is -0.620. The fourth-order valence-electron chi connectivity index (χ4n) is 2.40. The van der Waals surface area contributed by atoms with Crippen LogP contribution in [0, 0.1) is 18.6 Å². The van der Waals surface area contributed by atoms with Crippen molar-refractivity contribution in [1.82, 2.24) is 5.32 Å². The van der Waals surface area contributed by atoms with Gasteiger partial charge in [-0.2, -0.15) is 0 Å². The Bertz CT molecular complexity index is 628. The van der Waals surface area contributed by atoms with Crippen molar-refractivity contribution in [1.29, 1.82) is 0 Å². The molecule has 0 saturated heterocycles. The second-order valence-electron chi connectivity index (χ2n) is 5.05. The molecule has 0 bridgehead atoms. The Morgan fingerprint density at radius 3 is 2.57 bits per heavy atom. The molecule has 0 radical (unpaired) electrons. The molecule has 0 fully saturated rings. The van der Waals surface area contributed by atoms with Crippen LogP contribution in [0.1, 0.15) is 29.7 Å². The molecule has 1 unspecified atom stereocenters. The van der Waals surface area contributed by atoms with E-state index < -0.39 is 0 Å². The molecule has 0 aromatic heterocycles. The molecule has 0 aliphatic heterocycles. The highest BCUT2D eigenvalue weighted by Gasteiger charge is 2.17. The molecule has 1 atom stereocenters. The molecule has 4 heteroatoms. The van der Waals surface area contributed by atoms with Gasteiger partial charge in [0.25, 0.3) is 0 Å². The van der Waals surface area contributed by atoms with Gasteiger partial charge in [-0.15, -0.1) is 0 Å². The molecule has 0 saturated carbocycles. The lowest BCUT2D eigenvalue weighted by Gasteiger charge is -2.20. The summed E-state index contributed by atoms with van der Waals surface area (Å²) < 4.78 is 27.5. The van der Waals surface area contributed by atoms with E-state index in [1.165, 1.54) is 18.2 Å². The Morgan fingerprint density at radius 2 is 1.90 bits per heavy atom. The van der Waals surface area contributed by atoms with Crippen molar-refractivity contribution in [2.24, 2.45) is 0 Å². The van der Waals surface area contributed by atoms with Crippen LogP contribution >= 0.6 is 11.6 Å². The van der Waals surface area contributed by atoms with Crippen molar-refractivity contribution in [3.05, 3.63) is 69.7 Å². The molecule has 0 aliphatic rings. The number of nitrogens with one attached hydrogen (secondary N) is 1. The van der Waals surface area contributed by atoms with E-state index in [2.05, 4.69) is 5.32 Å². The molecule has 112 valence electrons. The van der Waals surface area contributed by atoms with Crippen LogP contribution in [0.3, 0.4) is 0 Å². The number of hydrogen-bond acceptors (Lipinski definition) is 1. The van der Waals surface area contributed by atoms with Crippen LogP contribution < -0.4 is 5.32 Å². The highest BCUT2D eigenvalue weighted by atomic mass is 35.5. The number of likely N-dealkylation sites (N-methyl/N-ethyl adjacent to an activating group) is 1. The van der Waals surface area contributed by atoms with Crippen LogP contribution in [-0.2, 0) is 6.42 Å². The van der Waals surface area contributed by atoms with Crippen LogP contribution in [0.4, 0.5) is 8.78 Å². The van der Waals surface area contributed by atoms with Crippen molar-refractivity contribution < 1.29 is 8.78 Å². The van der Waals surface area contributed by atoms with Crippen LogP contribution in [0.2, 0.25) is 5.02 Å². The monoisotopic (exact) mass is 309 g/mol. The Morgan fingerprint density at radius 1 is 1.14 bits per heavy atom. The maximum absolute atomic E-state index is 14.1. The molecule has 2 aromatic rings. The standard InChI is InChI=1S/C17H18ClF2N/c1-3-21-17(15-7-5-13(18)10-16(15)20)9-12-8-14(19)6-4-11(12)2/h4-8,10,17,21H,3,9H2,1-2H3. The number of halogens is 3. The Labute approximate surface area is 128 Å². The van der Waals surface area contributed by atoms with Crippen molar-refractivity contribution >= 4 is 11.6 Å². The first-order valence-electron chi connectivity index (χ1n) is 6.94. The first-order valence-corrected chi connectivity index (χ1v) is 7.32. The first kappa shape index (κ1) is 15.9. The van der Waals surface area contributed by atoms with E-state index in [4.69, 9.17) is 11.6 Å². The maximum Gasteiger partial charge on any atom is 0.129 e. The highest BCUT2D eigenvalue weighted by Crippen LogP contribution is 2.25. The number of hydrogen-bond donors (Lipinski definition) is 1. The molecule has 21 heavy (non-hydrogen) atoms. The van der Waals surface area contributed by atoms with Gasteiger partial charge in [0.15, 0.2) is 0 Å². The summed E-state index contributed by atoms with van der Waals surface area (Å²) in [6.45, 7) is 4.58. The van der Waals surface area contributed by atoms with Gasteiger partial charge in [-0.3, -0.25) is 0 Å². The van der Waals surface area contributed by atoms with E-state index in [1.807, 2.05) is 13.8 Å². The Balaban J connectivity index is 2.32. The van der Waals surface area contributed by atoms with Crippen LogP contribution in [0.15, 0.2) is 36.4 Å². The van der Waals surface area contributed by atoms with Gasteiger partial charge >= 0.3 is 0 Å². The molecular weight excluding hydrogens is 292 g/mol. The third-order valence-corrected chi connectivity index (χ3v) is 3.76. The molecule has 0 aliphatic carbocycles. The zero-order chi connectivity index (χ0) is 15.4. The summed E-state index contributed by atoms with van der Waals surface area (Å²) in [4.78, 5) is 0. The summed E-state index contributed by atoms with van der Waals surface area (Å²) in [5.41, 5.74) is 2.41. The van der Waals surface area contributed by atoms with E-state index in [0.717, 1.165) is 11.1 Å². The normalized spacial score (nSPS) is 12.4. The van der Waals surface area contributed by atoms with E-state index >= 15 is 0 Å². The summed E-state index contributed by atoms with van der Waals surface area (Å²) in [5, 5.41) is 3.62. The fraction of sp³-hybridized carbons (Fsp3) is 0.294. The van der Waals surface area contributed by atoms with Crippen LogP contribution in [0.25, 0.3) is 0 Å². The molecule has 2 aromatic carbocycles. The highest BCUT2D eigenvalue weighted by molar-refractivity contribution is 6.30. The number of aryl methyl sites for hydroxylation is 1. The average molecular weight is 310 g/mol. The third kappa shape index (κ3) is 4.02. The topological polar surface area (TPSA) is 12.0 Å². The van der Waals surface area contributed by atoms with Crippen molar-refractivity contribution in [3.63, 3.8) is 0 Å². The lowest BCUT2D eigenvalue weighted by molar-refractivity contribution is 0.508. The van der Waals surface area contributed by atoms with Gasteiger partial charge in [-0.1, -0.05) is 30.7 Å². The fourth-order valence-corrected chi connectivity index (χ4v) is 2.56. The van der Waals surface area contributed by atoms with Gasteiger partial charge in [0.1, 0.15) is 11.6 Å². The van der Waals surface area contributed by atoms with E-state index in [9.17, 15) is 8.78 Å². The zero-order valence-electron chi connectivity index (χ0n) is 12.1. The predicted molar refractivity (Wildman–Crippen MR) is 82.7 cm³/mol. The largest absolute Gasteiger partial charge is 0.310 e. The SMILES string of the molecule is CCNC(Cc1cc(F)ccc1C)c1ccc(Cl)cc1F. The van der Waals surface area contributed by atoms with Gasteiger partial charge in [0.05, 0.1) is 0 Å². The zero-order valence-corrected chi connectivity index (χ0v) is 12.8. The summed E-state index contributed by atoms with van der Waals surface area (Å²) in [6.07, 6.45) is 0.524. The second kappa shape index (κ2) is 7.01. The van der Waals surface area contributed by atoms with Crippen molar-refractivity contribution in [2.75, 3.05) is 6.54 Å². The molecule has 1 N–H and O–H groups in total. The lowest BCUT2D eigenvalue weighted by Crippen LogP contribution is -2.24. The molecule has 1 nitrogen and oxygen atoms in total. The Hall–Kier alpha value is -1.45. The summed E-state index contributed by atoms with van der Waals surface area (Å²) in [6, 6.07) is 9.12. The second-order valence-corrected chi connectivity index (χ2v) is 5.49. The van der Waals surface area contributed by atoms with Gasteiger partial charge in [0, 0.05) is 16.6 Å². The van der Waals surface area contributed by atoms with E-state index in [0.29, 0.717) is 23.6 Å². The third-order valence-electron chi connectivity index (χ3n) is 3.52. The van der Waals surface area contributed by atoms with Crippen LogP contribution in [0.5, 0.6) is 0 Å². The predicted octanol–water partition coefficient (Wildman–Crippen LogP) is 4.82. The van der Waals surface area contributed by atoms with Gasteiger partial charge in [0.2, 0.25) is 0 Å². The number of rotatable bonds is 5. The quantitative estimate of drug-likeness (QED) is 0.835. The molecular formula is C17H18ClF2N. The van der Waals surface area contributed by atoms with Crippen molar-refractivity contribution in [2.45, 2.75) is 26.3 Å². The lowest BCUT2D eigenvalue weighted by atomic mass is 9.95. The van der Waals surface area contributed by atoms with Gasteiger partial charge in [-0.25, -0.2) is 8.78 Å². The summed E-state index contributed by atoms with van der Waals surface area (Å²) >= 11 is 5.79. The van der Waals surface area contributed by atoms with E-state index in [-0.39, 0.29) is 17.7 Å². The van der Waals surface area contributed by atoms with Crippen molar-refractivity contribution in [3.8, 4) is 0 Å². The minimum atomic E-state index is -0.345. The summed E-state index contributed by atoms with van der Waals surface area (Å²) in [7, 11) is 0. The van der Waals surface area contributed by atoms with Gasteiger partial charge < -0.3 is 5.32 Å². The Kier molecular flexibility index (Phi) is 5.32. The average Bonchev–Trinajstić information content (AvgIpc) is 2.42. The molecule has 2 rings (SSSR count). The minimum Gasteiger partial charge on any atom is -0.310 e. The smallest absolute Gasteiger partial charge is 0.129 e. The number of benzene rings is 2. The molecule has 0 spiro atoms. The van der Waals surface area contributed by atoms with E-state index in [1.54, 1.807) is 18.2 Å². The minimum absolute atomic E-state index is 0.215. The first-order chi connectivity index (χ1) is 10.0. The molecule has 0 heterocycles. The van der Waals surface area contributed by atoms with Gasteiger partial charge in [-0.05, 0) is 55.3 Å². The maximum atomic E-state index is 14.1.